The molecule has 0 fully saturated rings. The summed E-state index contributed by atoms with van der Waals surface area (Å²) in [6.07, 6.45) is -7.60. The zero-order valence-corrected chi connectivity index (χ0v) is 26.7. The quantitative estimate of drug-likeness (QED) is 0.0953. The molecule has 1 N–H and O–H groups in total. The van der Waals surface area contributed by atoms with Gasteiger partial charge in [-0.25, -0.2) is 22.6 Å². The van der Waals surface area contributed by atoms with E-state index < -0.39 is 56.8 Å². The molecule has 1 unspecified atom stereocenters. The van der Waals surface area contributed by atoms with Crippen LogP contribution in [0.15, 0.2) is 64.8 Å². The third-order valence-electron chi connectivity index (χ3n) is 6.45. The minimum Gasteiger partial charge on any atom is -0.569 e. The van der Waals surface area contributed by atoms with Crippen LogP contribution in [0, 0.1) is 12.1 Å². The monoisotopic (exact) mass is 670 g/mol. The van der Waals surface area contributed by atoms with E-state index in [0.29, 0.717) is 10.6 Å². The Morgan fingerprint density at radius 1 is 1.04 bits per heavy atom. The molecule has 0 bridgehead atoms. The fourth-order valence-electron chi connectivity index (χ4n) is 3.62. The number of sulfonamides is 1. The third kappa shape index (κ3) is 8.64. The molecular weight excluding hydrogens is 637 g/mol. The van der Waals surface area contributed by atoms with Crippen LogP contribution >= 0.6 is 0 Å². The Bertz CT molecular complexity index is 1690. The number of nitrogens with zero attached hydrogens (tertiary/aromatic N) is 5. The third-order valence-corrected chi connectivity index (χ3v) is 7.79. The Hall–Kier alpha value is -4.87. The van der Waals surface area contributed by atoms with E-state index in [1.165, 1.54) is 32.9 Å². The van der Waals surface area contributed by atoms with Gasteiger partial charge in [0.15, 0.2) is 11.2 Å². The van der Waals surface area contributed by atoms with Gasteiger partial charge in [-0.2, -0.15) is 18.3 Å². The van der Waals surface area contributed by atoms with Crippen LogP contribution in [-0.4, -0.2) is 65.2 Å². The Morgan fingerprint density at radius 3 is 2.17 bits per heavy atom. The van der Waals surface area contributed by atoms with E-state index in [-0.39, 0.29) is 16.4 Å². The molecule has 1 heterocycles. The SMILES string of the molecule is Cc1ccc(-c2cc(C(F)(F)F)nn2-c2ccc(S(=O)(=O)NC(=O)C(C)(C)N(C)[N+]([O-])=NOC(C)OC(=O)OC(C)C)cc2)cc1. The van der Waals surface area contributed by atoms with Gasteiger partial charge < -0.3 is 14.7 Å². The van der Waals surface area contributed by atoms with Crippen molar-refractivity contribution in [1.82, 2.24) is 19.5 Å². The first kappa shape index (κ1) is 35.6. The average molecular weight is 671 g/mol. The van der Waals surface area contributed by atoms with Gasteiger partial charge >= 0.3 is 12.3 Å². The minimum atomic E-state index is -4.73. The zero-order valence-electron chi connectivity index (χ0n) is 25.9. The number of ether oxygens (including phenoxy) is 2. The van der Waals surface area contributed by atoms with Gasteiger partial charge in [0.1, 0.15) is 0 Å². The lowest BCUT2D eigenvalue weighted by molar-refractivity contribution is -0.718. The first-order valence-electron chi connectivity index (χ1n) is 13.6. The number of aromatic nitrogens is 2. The molecule has 0 spiro atoms. The molecule has 0 aliphatic carbocycles. The van der Waals surface area contributed by atoms with Gasteiger partial charge in [0.05, 0.1) is 34.4 Å². The number of nitrogens with one attached hydrogen (secondary N) is 1. The molecular formula is C28H33F3N6O8S. The average Bonchev–Trinajstić information content (AvgIpc) is 3.41. The Kier molecular flexibility index (Phi) is 10.6. The van der Waals surface area contributed by atoms with Crippen molar-refractivity contribution < 1.29 is 50.5 Å². The Balaban J connectivity index is 1.78. The molecule has 46 heavy (non-hydrogen) atoms. The van der Waals surface area contributed by atoms with Gasteiger partial charge in [-0.1, -0.05) is 29.8 Å². The standard InChI is InChI=1S/C28H33F3N6O8S/c1-17(2)43-26(39)44-19(4)45-34-37(40)35(7)27(5,6)25(38)33-46(41,42)22-14-12-21(13-15-22)36-23(16-24(32-36)28(29,30)31)20-10-8-18(3)9-11-20/h8-17,19H,1-7H3,(H,33,38). The van der Waals surface area contributed by atoms with E-state index in [4.69, 9.17) is 14.3 Å². The first-order chi connectivity index (χ1) is 21.2. The lowest BCUT2D eigenvalue weighted by Gasteiger charge is -2.29. The molecule has 0 radical (unpaired) electrons. The van der Waals surface area contributed by atoms with E-state index in [0.717, 1.165) is 35.5 Å². The molecule has 0 aliphatic rings. The summed E-state index contributed by atoms with van der Waals surface area (Å²) >= 11 is 0. The molecule has 3 aromatic rings. The molecule has 2 aromatic carbocycles. The second kappa shape index (κ2) is 13.6. The predicted octanol–water partition coefficient (Wildman–Crippen LogP) is 5.10. The van der Waals surface area contributed by atoms with E-state index in [1.54, 1.807) is 38.1 Å². The highest BCUT2D eigenvalue weighted by Crippen LogP contribution is 2.33. The molecule has 1 amide bonds. The number of rotatable bonds is 11. The Labute approximate surface area is 262 Å². The number of aryl methyl sites for hydroxylation is 1. The lowest BCUT2D eigenvalue weighted by atomic mass is 10.1. The fourth-order valence-corrected chi connectivity index (χ4v) is 4.72. The summed E-state index contributed by atoms with van der Waals surface area (Å²) < 4.78 is 79.1. The number of carbonyl (C=O) groups is 2. The number of hydrogen-bond acceptors (Lipinski definition) is 10. The molecule has 0 saturated carbocycles. The predicted molar refractivity (Wildman–Crippen MR) is 155 cm³/mol. The fraction of sp³-hybridized carbons (Fsp3) is 0.393. The van der Waals surface area contributed by atoms with Crippen molar-refractivity contribution >= 4 is 22.1 Å². The smallest absolute Gasteiger partial charge is 0.511 e. The van der Waals surface area contributed by atoms with Crippen molar-refractivity contribution in [2.75, 3.05) is 7.05 Å². The maximum atomic E-state index is 13.5. The number of halogens is 3. The van der Waals surface area contributed by atoms with E-state index >= 15 is 0 Å². The van der Waals surface area contributed by atoms with Gasteiger partial charge in [0.2, 0.25) is 5.28 Å². The van der Waals surface area contributed by atoms with Crippen molar-refractivity contribution in [2.24, 2.45) is 5.28 Å². The van der Waals surface area contributed by atoms with E-state index in [9.17, 15) is 36.4 Å². The van der Waals surface area contributed by atoms with Gasteiger partial charge in [-0.05, 0) is 65.0 Å². The molecule has 0 aliphatic heterocycles. The highest BCUT2D eigenvalue weighted by Gasteiger charge is 2.41. The van der Waals surface area contributed by atoms with Crippen LogP contribution in [-0.2, 0) is 35.3 Å². The summed E-state index contributed by atoms with van der Waals surface area (Å²) in [6.45, 7) is 8.71. The number of hydrazine groups is 1. The molecule has 14 nitrogen and oxygen atoms in total. The maximum Gasteiger partial charge on any atom is 0.511 e. The summed E-state index contributed by atoms with van der Waals surface area (Å²) in [5.41, 5.74) is -1.38. The van der Waals surface area contributed by atoms with Crippen LogP contribution in [0.25, 0.3) is 16.9 Å². The van der Waals surface area contributed by atoms with Crippen molar-refractivity contribution in [1.29, 1.82) is 0 Å². The van der Waals surface area contributed by atoms with Crippen LogP contribution in [0.3, 0.4) is 0 Å². The van der Waals surface area contributed by atoms with Crippen molar-refractivity contribution in [3.63, 3.8) is 0 Å². The second-order valence-electron chi connectivity index (χ2n) is 10.7. The van der Waals surface area contributed by atoms with Crippen molar-refractivity contribution in [2.45, 2.75) is 70.5 Å². The molecule has 1 atom stereocenters. The first-order valence-corrected chi connectivity index (χ1v) is 15.1. The lowest BCUT2D eigenvalue weighted by Crippen LogP contribution is -2.56. The highest BCUT2D eigenvalue weighted by atomic mass is 32.2. The van der Waals surface area contributed by atoms with Gasteiger partial charge in [-0.15, -0.1) is 5.01 Å². The molecule has 18 heteroatoms. The molecule has 250 valence electrons. The van der Waals surface area contributed by atoms with Crippen LogP contribution in [0.4, 0.5) is 18.0 Å². The van der Waals surface area contributed by atoms with Gasteiger partial charge in [0.25, 0.3) is 22.2 Å². The number of alkyl halides is 3. The van der Waals surface area contributed by atoms with E-state index in [1.807, 2.05) is 11.6 Å². The van der Waals surface area contributed by atoms with Crippen molar-refractivity contribution in [3.05, 3.63) is 71.1 Å². The maximum absolute atomic E-state index is 13.5. The number of hydrogen-bond donors (Lipinski definition) is 1. The van der Waals surface area contributed by atoms with Crippen LogP contribution in [0.2, 0.25) is 0 Å². The largest absolute Gasteiger partial charge is 0.569 e. The summed E-state index contributed by atoms with van der Waals surface area (Å²) in [4.78, 5) is 28.8. The molecule has 1 aromatic heterocycles. The van der Waals surface area contributed by atoms with Crippen LogP contribution < -0.4 is 4.72 Å². The van der Waals surface area contributed by atoms with Gasteiger partial charge in [0, 0.05) is 12.5 Å². The highest BCUT2D eigenvalue weighted by molar-refractivity contribution is 7.90. The number of likely N-dealkylation sites (N-methyl/N-ethyl adjacent to an activating group) is 1. The van der Waals surface area contributed by atoms with Crippen LogP contribution in [0.5, 0.6) is 0 Å². The summed E-state index contributed by atoms with van der Waals surface area (Å²) in [7, 11) is -3.40. The molecule has 0 saturated heterocycles. The number of carbonyl (C=O) groups excluding carboxylic acids is 2. The van der Waals surface area contributed by atoms with Gasteiger partial charge in [-0.3, -0.25) is 9.63 Å². The topological polar surface area (TPSA) is 167 Å². The summed E-state index contributed by atoms with van der Waals surface area (Å²) in [6, 6.07) is 12.3. The minimum absolute atomic E-state index is 0.119. The zero-order chi connectivity index (χ0) is 34.6. The Morgan fingerprint density at radius 2 is 1.63 bits per heavy atom. The van der Waals surface area contributed by atoms with Crippen LogP contribution in [0.1, 0.15) is 45.9 Å². The van der Waals surface area contributed by atoms with Crippen molar-refractivity contribution in [3.8, 4) is 16.9 Å². The molecule has 3 rings (SSSR count). The van der Waals surface area contributed by atoms with E-state index in [2.05, 4.69) is 10.4 Å². The number of benzene rings is 2. The second-order valence-corrected chi connectivity index (χ2v) is 12.4. The summed E-state index contributed by atoms with van der Waals surface area (Å²) in [5.74, 6) is -1.14. The summed E-state index contributed by atoms with van der Waals surface area (Å²) in [5, 5.41) is 20.1. The number of amides is 1. The normalized spacial score (nSPS) is 13.2.